The van der Waals surface area contributed by atoms with E-state index in [-0.39, 0.29) is 24.0 Å². The van der Waals surface area contributed by atoms with Crippen molar-refractivity contribution in [2.24, 2.45) is 4.99 Å². The van der Waals surface area contributed by atoms with Crippen molar-refractivity contribution in [2.45, 2.75) is 51.7 Å². The fraction of sp³-hybridized carbons (Fsp3) is 0.500. The van der Waals surface area contributed by atoms with Gasteiger partial charge < -0.3 is 20.6 Å². The van der Waals surface area contributed by atoms with Gasteiger partial charge in [0.05, 0.1) is 13.1 Å². The summed E-state index contributed by atoms with van der Waals surface area (Å²) in [6.45, 7) is 7.70. The average Bonchev–Trinajstić information content (AvgIpc) is 3.06. The molecule has 1 aliphatic heterocycles. The minimum atomic E-state index is -0.978. The molecule has 1 aromatic heterocycles. The van der Waals surface area contributed by atoms with Crippen LogP contribution in [0.5, 0.6) is 0 Å². The number of anilines is 1. The third-order valence-electron chi connectivity index (χ3n) is 5.50. The first-order valence-electron chi connectivity index (χ1n) is 11.1. The maximum Gasteiger partial charge on any atom is 0.191 e. The van der Waals surface area contributed by atoms with Crippen LogP contribution in [-0.4, -0.2) is 42.2 Å². The lowest BCUT2D eigenvalue weighted by Crippen LogP contribution is -2.44. The lowest BCUT2D eigenvalue weighted by atomic mass is 9.96. The van der Waals surface area contributed by atoms with Crippen LogP contribution in [0.25, 0.3) is 0 Å². The quantitative estimate of drug-likeness (QED) is 0.283. The zero-order valence-corrected chi connectivity index (χ0v) is 21.0. The van der Waals surface area contributed by atoms with Crippen LogP contribution in [0.1, 0.15) is 50.7 Å². The van der Waals surface area contributed by atoms with Crippen molar-refractivity contribution < 1.29 is 5.11 Å². The topological polar surface area (TPSA) is 72.8 Å². The number of guanidine groups is 1. The Kier molecular flexibility index (Phi) is 10.5. The molecule has 1 aromatic carbocycles. The molecule has 1 fully saturated rings. The molecule has 0 saturated carbocycles. The number of benzene rings is 1. The molecule has 1 saturated heterocycles. The van der Waals surface area contributed by atoms with E-state index in [2.05, 4.69) is 37.6 Å². The number of pyridine rings is 1. The molecule has 3 N–H and O–H groups in total. The lowest BCUT2D eigenvalue weighted by molar-refractivity contribution is 0.0617. The molecule has 7 heteroatoms. The van der Waals surface area contributed by atoms with Crippen LogP contribution in [0.2, 0.25) is 0 Å². The van der Waals surface area contributed by atoms with Gasteiger partial charge in [-0.15, -0.1) is 24.0 Å². The van der Waals surface area contributed by atoms with Crippen LogP contribution in [0.4, 0.5) is 5.82 Å². The number of hydrogen-bond donors (Lipinski definition) is 3. The van der Waals surface area contributed by atoms with Gasteiger partial charge in [-0.25, -0.2) is 9.98 Å². The Hall–Kier alpha value is -1.87. The van der Waals surface area contributed by atoms with Crippen molar-refractivity contribution >= 4 is 35.8 Å². The molecule has 1 aliphatic rings. The number of aliphatic hydroxyl groups is 1. The Bertz CT molecular complexity index is 787. The first-order valence-corrected chi connectivity index (χ1v) is 11.1. The van der Waals surface area contributed by atoms with Crippen LogP contribution < -0.4 is 15.5 Å². The van der Waals surface area contributed by atoms with Crippen LogP contribution in [0, 0.1) is 0 Å². The molecule has 0 bridgehead atoms. The number of nitrogens with zero attached hydrogens (tertiary/aromatic N) is 3. The van der Waals surface area contributed by atoms with Gasteiger partial charge in [0.15, 0.2) is 5.96 Å². The highest BCUT2D eigenvalue weighted by Gasteiger charge is 2.23. The van der Waals surface area contributed by atoms with Gasteiger partial charge >= 0.3 is 0 Å². The number of hydrogen-bond acceptors (Lipinski definition) is 4. The molecule has 2 heterocycles. The Morgan fingerprint density at radius 3 is 2.39 bits per heavy atom. The van der Waals surface area contributed by atoms with Gasteiger partial charge in [-0.3, -0.25) is 0 Å². The van der Waals surface area contributed by atoms with E-state index in [0.29, 0.717) is 19.0 Å². The molecular formula is C24H36IN5O. The molecule has 1 atom stereocenters. The molecule has 31 heavy (non-hydrogen) atoms. The van der Waals surface area contributed by atoms with Crippen molar-refractivity contribution in [1.29, 1.82) is 0 Å². The minimum Gasteiger partial charge on any atom is -0.384 e. The van der Waals surface area contributed by atoms with Crippen LogP contribution in [0.3, 0.4) is 0 Å². The van der Waals surface area contributed by atoms with E-state index in [9.17, 15) is 5.11 Å². The monoisotopic (exact) mass is 537 g/mol. The first-order chi connectivity index (χ1) is 14.6. The number of nitrogens with one attached hydrogen (secondary N) is 2. The van der Waals surface area contributed by atoms with Gasteiger partial charge in [-0.1, -0.05) is 49.2 Å². The second-order valence-corrected chi connectivity index (χ2v) is 8.11. The third-order valence-corrected chi connectivity index (χ3v) is 5.50. The zero-order valence-electron chi connectivity index (χ0n) is 18.7. The number of halogens is 1. The minimum absolute atomic E-state index is 0. The maximum atomic E-state index is 10.8. The molecule has 6 nitrogen and oxygen atoms in total. The molecule has 3 rings (SSSR count). The maximum absolute atomic E-state index is 10.8. The summed E-state index contributed by atoms with van der Waals surface area (Å²) in [5.74, 6) is 1.75. The molecular weight excluding hydrogens is 501 g/mol. The molecule has 0 radical (unpaired) electrons. The second-order valence-electron chi connectivity index (χ2n) is 8.11. The van der Waals surface area contributed by atoms with Gasteiger partial charge in [-0.05, 0) is 43.9 Å². The molecule has 0 spiro atoms. The highest BCUT2D eigenvalue weighted by atomic mass is 127. The normalized spacial score (nSPS) is 16.6. The van der Waals surface area contributed by atoms with E-state index in [1.54, 1.807) is 0 Å². The fourth-order valence-electron chi connectivity index (χ4n) is 3.66. The molecule has 0 aliphatic carbocycles. The van der Waals surface area contributed by atoms with E-state index in [0.717, 1.165) is 36.6 Å². The Balaban J connectivity index is 0.00000341. The van der Waals surface area contributed by atoms with Crippen molar-refractivity contribution in [1.82, 2.24) is 15.6 Å². The second kappa shape index (κ2) is 12.9. The SMILES string of the molecule is CCNC(=NCc1ccc(N2CCCCCC2)nc1)NCC(C)(O)c1ccccc1.I. The molecule has 1 unspecified atom stereocenters. The highest BCUT2D eigenvalue weighted by Crippen LogP contribution is 2.19. The largest absolute Gasteiger partial charge is 0.384 e. The molecule has 0 amide bonds. The fourth-order valence-corrected chi connectivity index (χ4v) is 3.66. The predicted molar refractivity (Wildman–Crippen MR) is 139 cm³/mol. The summed E-state index contributed by atoms with van der Waals surface area (Å²) in [5, 5.41) is 17.3. The summed E-state index contributed by atoms with van der Waals surface area (Å²) in [6.07, 6.45) is 7.06. The summed E-state index contributed by atoms with van der Waals surface area (Å²) >= 11 is 0. The van der Waals surface area contributed by atoms with Gasteiger partial charge in [0.25, 0.3) is 0 Å². The summed E-state index contributed by atoms with van der Waals surface area (Å²) in [6, 6.07) is 13.9. The zero-order chi connectivity index (χ0) is 21.2. The van der Waals surface area contributed by atoms with E-state index in [1.807, 2.05) is 50.4 Å². The summed E-state index contributed by atoms with van der Waals surface area (Å²) in [5.41, 5.74) is 0.968. The summed E-state index contributed by atoms with van der Waals surface area (Å²) < 4.78 is 0. The first kappa shape index (κ1) is 25.4. The van der Waals surface area contributed by atoms with Crippen molar-refractivity contribution in [3.8, 4) is 0 Å². The molecule has 2 aromatic rings. The van der Waals surface area contributed by atoms with E-state index in [1.165, 1.54) is 25.7 Å². The van der Waals surface area contributed by atoms with Crippen molar-refractivity contribution in [3.05, 3.63) is 59.8 Å². The van der Waals surface area contributed by atoms with Gasteiger partial charge in [-0.2, -0.15) is 0 Å². The van der Waals surface area contributed by atoms with Crippen molar-refractivity contribution in [2.75, 3.05) is 31.1 Å². The standard InChI is InChI=1S/C24H35N5O.HI/c1-3-25-23(28-19-24(2,30)21-11-7-6-8-12-21)27-18-20-13-14-22(26-17-20)29-15-9-4-5-10-16-29;/h6-8,11-14,17,30H,3-5,9-10,15-16,18-19H2,1-2H3,(H2,25,27,28);1H. The van der Waals surface area contributed by atoms with E-state index in [4.69, 9.17) is 0 Å². The number of aliphatic imine (C=N–C) groups is 1. The lowest BCUT2D eigenvalue weighted by Gasteiger charge is -2.25. The molecule has 170 valence electrons. The third kappa shape index (κ3) is 7.96. The Morgan fingerprint density at radius 1 is 1.06 bits per heavy atom. The number of rotatable bonds is 7. The van der Waals surface area contributed by atoms with Gasteiger partial charge in [0, 0.05) is 25.8 Å². The van der Waals surface area contributed by atoms with Crippen LogP contribution >= 0.6 is 24.0 Å². The van der Waals surface area contributed by atoms with Crippen molar-refractivity contribution in [3.63, 3.8) is 0 Å². The van der Waals surface area contributed by atoms with Gasteiger partial charge in [0.2, 0.25) is 0 Å². The summed E-state index contributed by atoms with van der Waals surface area (Å²) in [4.78, 5) is 11.7. The van der Waals surface area contributed by atoms with E-state index >= 15 is 0 Å². The van der Waals surface area contributed by atoms with Crippen LogP contribution in [0.15, 0.2) is 53.7 Å². The smallest absolute Gasteiger partial charge is 0.191 e. The number of aromatic nitrogens is 1. The summed E-state index contributed by atoms with van der Waals surface area (Å²) in [7, 11) is 0. The predicted octanol–water partition coefficient (Wildman–Crippen LogP) is 4.04. The van der Waals surface area contributed by atoms with Gasteiger partial charge in [0.1, 0.15) is 11.4 Å². The Morgan fingerprint density at radius 2 is 1.77 bits per heavy atom. The van der Waals surface area contributed by atoms with E-state index < -0.39 is 5.60 Å². The Labute approximate surface area is 203 Å². The van der Waals surface area contributed by atoms with Crippen LogP contribution in [-0.2, 0) is 12.1 Å². The average molecular weight is 537 g/mol. The highest BCUT2D eigenvalue weighted by molar-refractivity contribution is 14.0.